The van der Waals surface area contributed by atoms with Crippen LogP contribution in [0.5, 0.6) is 0 Å². The number of halogens is 15. The maximum Gasteiger partial charge on any atom is 0.457 e. The van der Waals surface area contributed by atoms with Crippen LogP contribution in [0, 0.1) is 35.5 Å². The molecule has 18 nitrogen and oxygen atoms in total. The first kappa shape index (κ1) is 95.0. The Morgan fingerprint density at radius 3 is 0.785 bits per heavy atom. The second-order valence-electron chi connectivity index (χ2n) is 33.2. The molecule has 6 fully saturated rings. The van der Waals surface area contributed by atoms with E-state index in [0.29, 0.717) is 99.9 Å². The van der Waals surface area contributed by atoms with Crippen molar-refractivity contribution in [1.82, 2.24) is 29.4 Å². The highest BCUT2D eigenvalue weighted by Crippen LogP contribution is 2.51. The Kier molecular flexibility index (Phi) is 31.2. The van der Waals surface area contributed by atoms with Gasteiger partial charge in [0.05, 0.1) is 31.8 Å². The van der Waals surface area contributed by atoms with Gasteiger partial charge in [0.25, 0.3) is 46.6 Å². The number of hydrogen-bond donors (Lipinski definition) is 3. The smallest absolute Gasteiger partial charge is 0.371 e. The molecule has 3 atom stereocenters. The fourth-order valence-electron chi connectivity index (χ4n) is 17.4. The first-order chi connectivity index (χ1) is 56.9. The minimum Gasteiger partial charge on any atom is -0.371 e. The zero-order chi connectivity index (χ0) is 88.5. The molecule has 0 aromatic heterocycles. The molecule has 660 valence electrons. The van der Waals surface area contributed by atoms with Crippen LogP contribution in [0.2, 0.25) is 20.1 Å². The van der Waals surface area contributed by atoms with Gasteiger partial charge in [0, 0.05) is 154 Å². The van der Waals surface area contributed by atoms with Crippen molar-refractivity contribution < 1.29 is 92.4 Å². The standard InChI is InChI=1S/C30H35ClF5N3O3.C29H34Cl2F3N3O3.C29H35ClF3N3O3/c1-37(2)26(40)24-9-8-23(19-25(24)31)38-14-10-20(11-15-38)18-21-12-16-39(17-13-21)27(41)28(42,22-6-4-3-5-7-22)29(32,33)30(34,35)36;1-35(2)26(38)24-8-7-23(18-25(24)31)36-13-9-19(10-14-36)17-20-11-15-37(16-12-20)27(39)28(40,29(32,33)34)21-3-5-22(30)6-4-21;1-34(2)26(37)24-9-8-23(19-25(24)30)35-14-10-20(11-15-35)18-21-12-16-36(17-13-21)27(38)28(39,29(31,32)33)22-6-4-3-5-7-22/h3-9,19-21,42H,10-18H2,1-2H3;3-8,18-20,40H,9-17H2,1-2H3;3-9,19-21,39H,10-18H2,1-2H3/t28-;;28-/m1.1/s1. The number of carbonyl (C=O) groups is 6. The van der Waals surface area contributed by atoms with Gasteiger partial charge in [-0.1, -0.05) is 119 Å². The largest absolute Gasteiger partial charge is 0.457 e. The van der Waals surface area contributed by atoms with Crippen molar-refractivity contribution in [3.63, 3.8) is 0 Å². The highest BCUT2D eigenvalue weighted by atomic mass is 35.5. The highest BCUT2D eigenvalue weighted by molar-refractivity contribution is 6.35. The molecule has 0 aliphatic carbocycles. The van der Waals surface area contributed by atoms with Crippen LogP contribution >= 0.6 is 46.4 Å². The van der Waals surface area contributed by atoms with Crippen LogP contribution in [0.15, 0.2) is 140 Å². The van der Waals surface area contributed by atoms with E-state index < -0.39 is 75.7 Å². The van der Waals surface area contributed by atoms with E-state index >= 15 is 0 Å². The normalized spacial score (nSPS) is 19.0. The van der Waals surface area contributed by atoms with E-state index in [1.807, 2.05) is 30.3 Å². The molecule has 0 spiro atoms. The summed E-state index contributed by atoms with van der Waals surface area (Å²) in [6.45, 7) is 5.70. The van der Waals surface area contributed by atoms with Crippen LogP contribution in [0.3, 0.4) is 0 Å². The van der Waals surface area contributed by atoms with Crippen LogP contribution in [0.1, 0.15) is 144 Å². The average molecular weight is 1780 g/mol. The quantitative estimate of drug-likeness (QED) is 0.0651. The van der Waals surface area contributed by atoms with Crippen LogP contribution < -0.4 is 14.7 Å². The van der Waals surface area contributed by atoms with Crippen LogP contribution in [-0.4, -0.2) is 225 Å². The maximum atomic E-state index is 14.7. The number of benzene rings is 6. The lowest BCUT2D eigenvalue weighted by Gasteiger charge is -2.42. The Bertz CT molecular complexity index is 4530. The van der Waals surface area contributed by atoms with Gasteiger partial charge in [0.2, 0.25) is 5.60 Å². The summed E-state index contributed by atoms with van der Waals surface area (Å²) in [5, 5.41) is 33.6. The third kappa shape index (κ3) is 21.8. The second kappa shape index (κ2) is 39.8. The lowest BCUT2D eigenvalue weighted by atomic mass is 9.81. The van der Waals surface area contributed by atoms with Gasteiger partial charge in [0.15, 0.2) is 0 Å². The molecule has 6 aromatic carbocycles. The van der Waals surface area contributed by atoms with Gasteiger partial charge in [-0.15, -0.1) is 0 Å². The SMILES string of the molecule is CN(C)C(=O)c1ccc(N2CCC(CC3CCN(C(=O)C(O)(c4ccc(Cl)cc4)C(F)(F)F)CC3)CC2)cc1Cl.CN(C)C(=O)c1ccc(N2CCC(CC3CCN(C(=O)[C@](O)(c4ccccc4)C(F)(F)C(F)(F)F)CC3)CC2)cc1Cl.CN(C)C(=O)c1ccc(N2CCC(CC3CCN(C(=O)[C@](O)(c4ccccc4)C(F)(F)F)CC3)CC2)cc1Cl. The topological polar surface area (TPSA) is 192 Å². The van der Waals surface area contributed by atoms with E-state index in [4.69, 9.17) is 46.4 Å². The summed E-state index contributed by atoms with van der Waals surface area (Å²) in [6.07, 6.45) is -4.61. The third-order valence-electron chi connectivity index (χ3n) is 24.6. The summed E-state index contributed by atoms with van der Waals surface area (Å²) in [4.78, 5) is 90.3. The van der Waals surface area contributed by atoms with Crippen molar-refractivity contribution in [2.24, 2.45) is 35.5 Å². The number of hydrogen-bond acceptors (Lipinski definition) is 12. The summed E-state index contributed by atoms with van der Waals surface area (Å²) >= 11 is 24.9. The van der Waals surface area contributed by atoms with Gasteiger partial charge in [0.1, 0.15) is 0 Å². The van der Waals surface area contributed by atoms with Gasteiger partial charge >= 0.3 is 24.5 Å². The number of piperidine rings is 6. The van der Waals surface area contributed by atoms with Crippen molar-refractivity contribution in [1.29, 1.82) is 0 Å². The summed E-state index contributed by atoms with van der Waals surface area (Å²) in [7, 11) is 10.1. The van der Waals surface area contributed by atoms with Gasteiger partial charge in [-0.2, -0.15) is 48.3 Å². The lowest BCUT2D eigenvalue weighted by molar-refractivity contribution is -0.339. The number of alkyl halides is 11. The van der Waals surface area contributed by atoms with E-state index in [1.165, 1.54) is 57.2 Å². The minimum atomic E-state index is -6.13. The number of nitrogens with zero attached hydrogens (tertiary/aromatic N) is 9. The highest BCUT2D eigenvalue weighted by Gasteiger charge is 2.74. The van der Waals surface area contributed by atoms with E-state index in [-0.39, 0.29) is 67.9 Å². The van der Waals surface area contributed by atoms with Gasteiger partial charge in [-0.25, -0.2) is 0 Å². The minimum absolute atomic E-state index is 0.0120. The second-order valence-corrected chi connectivity index (χ2v) is 34.9. The molecule has 6 aromatic rings. The van der Waals surface area contributed by atoms with Crippen molar-refractivity contribution in [2.45, 2.75) is 138 Å². The molecular weight excluding hydrogens is 1680 g/mol. The van der Waals surface area contributed by atoms with Crippen molar-refractivity contribution in [3.05, 3.63) is 193 Å². The molecule has 6 heterocycles. The van der Waals surface area contributed by atoms with Crippen LogP contribution in [0.4, 0.5) is 65.4 Å². The molecule has 1 unspecified atom stereocenters. The predicted molar refractivity (Wildman–Crippen MR) is 444 cm³/mol. The average Bonchev–Trinajstić information content (AvgIpc) is 0.728. The fourth-order valence-corrected chi connectivity index (χ4v) is 18.2. The Balaban J connectivity index is 0.000000191. The Hall–Kier alpha value is -8.19. The van der Waals surface area contributed by atoms with Gasteiger partial charge in [-0.05, 0) is 204 Å². The summed E-state index contributed by atoms with van der Waals surface area (Å²) in [5.41, 5.74) is -8.75. The van der Waals surface area contributed by atoms with Crippen molar-refractivity contribution in [2.75, 3.05) is 136 Å². The number of aliphatic hydroxyl groups is 3. The summed E-state index contributed by atoms with van der Waals surface area (Å²) in [6, 6.07) is 33.2. The predicted octanol–water partition coefficient (Wildman–Crippen LogP) is 17.3. The molecule has 6 saturated heterocycles. The molecule has 0 bridgehead atoms. The van der Waals surface area contributed by atoms with E-state index in [0.717, 1.165) is 165 Å². The first-order valence-corrected chi connectivity index (χ1v) is 42.2. The molecular formula is C88H104Cl4F11N9O9. The van der Waals surface area contributed by atoms with Crippen molar-refractivity contribution >= 4 is 98.9 Å². The molecule has 121 heavy (non-hydrogen) atoms. The van der Waals surface area contributed by atoms with Gasteiger partial charge in [-0.3, -0.25) is 28.8 Å². The zero-order valence-corrected chi connectivity index (χ0v) is 71.3. The monoisotopic (exact) mass is 1780 g/mol. The number of anilines is 3. The van der Waals surface area contributed by atoms with Crippen LogP contribution in [0.25, 0.3) is 0 Å². The van der Waals surface area contributed by atoms with E-state index in [9.17, 15) is 92.4 Å². The Morgan fingerprint density at radius 1 is 0.322 bits per heavy atom. The van der Waals surface area contributed by atoms with Gasteiger partial charge < -0.3 is 59.4 Å². The van der Waals surface area contributed by atoms with E-state index in [1.54, 1.807) is 72.6 Å². The Morgan fingerprint density at radius 2 is 0.554 bits per heavy atom. The molecule has 6 amide bonds. The van der Waals surface area contributed by atoms with Crippen LogP contribution in [-0.2, 0) is 31.2 Å². The number of amides is 6. The molecule has 3 N–H and O–H groups in total. The third-order valence-corrected chi connectivity index (χ3v) is 25.8. The zero-order valence-electron chi connectivity index (χ0n) is 68.3. The molecule has 6 aliphatic heterocycles. The molecule has 6 aliphatic rings. The van der Waals surface area contributed by atoms with Crippen molar-refractivity contribution in [3.8, 4) is 0 Å². The molecule has 12 rings (SSSR count). The summed E-state index contributed by atoms with van der Waals surface area (Å²) < 4.78 is 153. The maximum absolute atomic E-state index is 14.7. The summed E-state index contributed by atoms with van der Waals surface area (Å²) in [5.74, 6) is -8.23. The number of rotatable bonds is 19. The lowest BCUT2D eigenvalue weighted by Crippen LogP contribution is -2.63. The number of likely N-dealkylation sites (tertiary alicyclic amines) is 3. The first-order valence-electron chi connectivity index (χ1n) is 40.7. The molecule has 33 heteroatoms. The molecule has 0 radical (unpaired) electrons. The molecule has 0 saturated carbocycles. The fraction of sp³-hybridized carbons (Fsp3) is 0.523. The Labute approximate surface area is 718 Å². The van der Waals surface area contributed by atoms with E-state index in [2.05, 4.69) is 14.7 Å². The number of carbonyl (C=O) groups excluding carboxylic acids is 6.